The van der Waals surface area contributed by atoms with Gasteiger partial charge < -0.3 is 15.5 Å². The fourth-order valence-electron chi connectivity index (χ4n) is 1.38. The second-order valence-corrected chi connectivity index (χ2v) is 4.43. The quantitative estimate of drug-likeness (QED) is 0.667. The number of nitrogens with one attached hydrogen (secondary N) is 2. The molecular formula is C13H20N4O2. The van der Waals surface area contributed by atoms with Gasteiger partial charge in [0, 0.05) is 19.3 Å². The summed E-state index contributed by atoms with van der Waals surface area (Å²) in [7, 11) is 3.84. The van der Waals surface area contributed by atoms with Crippen molar-refractivity contribution in [2.45, 2.75) is 13.0 Å². The number of nitrogens with zero attached hydrogens (tertiary/aromatic N) is 2. The van der Waals surface area contributed by atoms with Gasteiger partial charge in [0.1, 0.15) is 6.42 Å². The van der Waals surface area contributed by atoms with Gasteiger partial charge in [0.2, 0.25) is 11.8 Å². The summed E-state index contributed by atoms with van der Waals surface area (Å²) in [5.41, 5.74) is 0.767. The minimum atomic E-state index is -0.298. The molecule has 0 atom stereocenters. The largest absolute Gasteiger partial charge is 0.354 e. The first kappa shape index (κ1) is 15.1. The Balaban J connectivity index is 2.18. The number of hydrogen-bond acceptors (Lipinski definition) is 4. The molecule has 1 aromatic heterocycles. The van der Waals surface area contributed by atoms with E-state index in [2.05, 4.69) is 15.6 Å². The summed E-state index contributed by atoms with van der Waals surface area (Å²) in [5, 5.41) is 5.34. The fourth-order valence-corrected chi connectivity index (χ4v) is 1.38. The van der Waals surface area contributed by atoms with Crippen LogP contribution in [0.25, 0.3) is 0 Å². The van der Waals surface area contributed by atoms with Gasteiger partial charge in [0.05, 0.1) is 12.2 Å². The molecule has 0 saturated carbocycles. The zero-order valence-electron chi connectivity index (χ0n) is 11.3. The van der Waals surface area contributed by atoms with Gasteiger partial charge in [0.25, 0.3) is 0 Å². The Kier molecular flexibility index (Phi) is 6.52. The Bertz CT molecular complexity index is 406. The molecule has 6 nitrogen and oxygen atoms in total. The highest BCUT2D eigenvalue weighted by molar-refractivity contribution is 5.96. The molecule has 0 saturated heterocycles. The summed E-state index contributed by atoms with van der Waals surface area (Å²) >= 11 is 0. The summed E-state index contributed by atoms with van der Waals surface area (Å²) in [4.78, 5) is 29.0. The summed E-state index contributed by atoms with van der Waals surface area (Å²) in [6.07, 6.45) is 1.51. The lowest BCUT2D eigenvalue weighted by atomic mass is 10.3. The monoisotopic (exact) mass is 264 g/mol. The van der Waals surface area contributed by atoms with E-state index in [1.54, 1.807) is 6.20 Å². The molecule has 0 aromatic carbocycles. The van der Waals surface area contributed by atoms with Gasteiger partial charge in [-0.2, -0.15) is 0 Å². The number of carbonyl (C=O) groups excluding carboxylic acids is 2. The summed E-state index contributed by atoms with van der Waals surface area (Å²) < 4.78 is 0. The van der Waals surface area contributed by atoms with Gasteiger partial charge in [-0.3, -0.25) is 14.6 Å². The third-order valence-corrected chi connectivity index (χ3v) is 2.40. The summed E-state index contributed by atoms with van der Waals surface area (Å²) in [6, 6.07) is 5.48. The van der Waals surface area contributed by atoms with Crippen molar-refractivity contribution in [1.82, 2.24) is 20.5 Å². The van der Waals surface area contributed by atoms with Crippen LogP contribution in [0.3, 0.4) is 0 Å². The molecule has 1 rings (SSSR count). The van der Waals surface area contributed by atoms with Gasteiger partial charge in [-0.15, -0.1) is 0 Å². The Morgan fingerprint density at radius 3 is 2.58 bits per heavy atom. The van der Waals surface area contributed by atoms with Crippen molar-refractivity contribution < 1.29 is 9.59 Å². The molecule has 6 heteroatoms. The first-order valence-electron chi connectivity index (χ1n) is 6.16. The van der Waals surface area contributed by atoms with Crippen molar-refractivity contribution in [3.63, 3.8) is 0 Å². The highest BCUT2D eigenvalue weighted by Gasteiger charge is 2.08. The number of pyridine rings is 1. The van der Waals surface area contributed by atoms with Crippen molar-refractivity contribution in [2.75, 3.05) is 27.2 Å². The second-order valence-electron chi connectivity index (χ2n) is 4.43. The van der Waals surface area contributed by atoms with E-state index in [4.69, 9.17) is 0 Å². The maximum Gasteiger partial charge on any atom is 0.229 e. The first-order chi connectivity index (χ1) is 9.08. The van der Waals surface area contributed by atoms with Gasteiger partial charge in [-0.05, 0) is 26.2 Å². The van der Waals surface area contributed by atoms with Crippen LogP contribution in [0.1, 0.15) is 12.1 Å². The molecule has 0 unspecified atom stereocenters. The first-order valence-corrected chi connectivity index (χ1v) is 6.16. The summed E-state index contributed by atoms with van der Waals surface area (Å²) in [6.45, 7) is 1.63. The molecule has 104 valence electrons. The number of aromatic nitrogens is 1. The van der Waals surface area contributed by atoms with Crippen LogP contribution in [-0.2, 0) is 16.1 Å². The Labute approximate surface area is 113 Å². The highest BCUT2D eigenvalue weighted by atomic mass is 16.2. The van der Waals surface area contributed by atoms with Crippen LogP contribution in [0.2, 0.25) is 0 Å². The average molecular weight is 264 g/mol. The minimum absolute atomic E-state index is 0.153. The van der Waals surface area contributed by atoms with Crippen molar-refractivity contribution in [1.29, 1.82) is 0 Å². The maximum atomic E-state index is 11.5. The van der Waals surface area contributed by atoms with Crippen LogP contribution in [-0.4, -0.2) is 48.9 Å². The lowest BCUT2D eigenvalue weighted by Gasteiger charge is -2.10. The maximum absolute atomic E-state index is 11.5. The number of carbonyl (C=O) groups is 2. The van der Waals surface area contributed by atoms with Crippen LogP contribution in [0.4, 0.5) is 0 Å². The van der Waals surface area contributed by atoms with Crippen molar-refractivity contribution in [3.8, 4) is 0 Å². The lowest BCUT2D eigenvalue weighted by molar-refractivity contribution is -0.129. The molecule has 0 aliphatic rings. The van der Waals surface area contributed by atoms with E-state index in [0.717, 1.165) is 12.2 Å². The van der Waals surface area contributed by atoms with Gasteiger partial charge in [0.15, 0.2) is 0 Å². The molecule has 0 radical (unpaired) electrons. The Morgan fingerprint density at radius 2 is 1.95 bits per heavy atom. The number of amides is 2. The molecule has 0 aliphatic heterocycles. The van der Waals surface area contributed by atoms with E-state index in [1.807, 2.05) is 37.2 Å². The zero-order valence-corrected chi connectivity index (χ0v) is 11.3. The van der Waals surface area contributed by atoms with Crippen LogP contribution in [0, 0.1) is 0 Å². The normalized spacial score (nSPS) is 10.3. The van der Waals surface area contributed by atoms with E-state index in [0.29, 0.717) is 13.1 Å². The number of rotatable bonds is 7. The Morgan fingerprint density at radius 1 is 1.21 bits per heavy atom. The van der Waals surface area contributed by atoms with Gasteiger partial charge >= 0.3 is 0 Å². The zero-order chi connectivity index (χ0) is 14.1. The molecule has 2 N–H and O–H groups in total. The van der Waals surface area contributed by atoms with E-state index in [-0.39, 0.29) is 18.2 Å². The third kappa shape index (κ3) is 7.15. The minimum Gasteiger partial charge on any atom is -0.354 e. The molecule has 2 amide bonds. The van der Waals surface area contributed by atoms with Crippen LogP contribution in [0.15, 0.2) is 24.4 Å². The van der Waals surface area contributed by atoms with Crippen LogP contribution < -0.4 is 10.6 Å². The smallest absolute Gasteiger partial charge is 0.229 e. The average Bonchev–Trinajstić information content (AvgIpc) is 2.37. The molecule has 0 spiro atoms. The second kappa shape index (κ2) is 8.20. The number of hydrogen-bond donors (Lipinski definition) is 2. The molecule has 1 aromatic rings. The predicted molar refractivity (Wildman–Crippen MR) is 72.3 cm³/mol. The highest BCUT2D eigenvalue weighted by Crippen LogP contribution is 1.92. The molecule has 1 heterocycles. The van der Waals surface area contributed by atoms with Crippen molar-refractivity contribution in [2.24, 2.45) is 0 Å². The molecule has 19 heavy (non-hydrogen) atoms. The van der Waals surface area contributed by atoms with Gasteiger partial charge in [-0.25, -0.2) is 0 Å². The SMILES string of the molecule is CN(C)CCNC(=O)CC(=O)NCc1ccccn1. The molecule has 0 bridgehead atoms. The third-order valence-electron chi connectivity index (χ3n) is 2.40. The van der Waals surface area contributed by atoms with Gasteiger partial charge in [-0.1, -0.05) is 6.07 Å². The molecule has 0 aliphatic carbocycles. The summed E-state index contributed by atoms with van der Waals surface area (Å²) in [5.74, 6) is -0.562. The van der Waals surface area contributed by atoms with E-state index >= 15 is 0 Å². The number of likely N-dealkylation sites (N-methyl/N-ethyl adjacent to an activating group) is 1. The molecular weight excluding hydrogens is 244 g/mol. The van der Waals surface area contributed by atoms with E-state index in [9.17, 15) is 9.59 Å². The van der Waals surface area contributed by atoms with Crippen molar-refractivity contribution >= 4 is 11.8 Å². The van der Waals surface area contributed by atoms with Crippen LogP contribution >= 0.6 is 0 Å². The lowest BCUT2D eigenvalue weighted by Crippen LogP contribution is -2.35. The predicted octanol–water partition coefficient (Wildman–Crippen LogP) is -0.234. The molecule has 0 fully saturated rings. The van der Waals surface area contributed by atoms with E-state index in [1.165, 1.54) is 0 Å². The van der Waals surface area contributed by atoms with Crippen LogP contribution in [0.5, 0.6) is 0 Å². The van der Waals surface area contributed by atoms with E-state index < -0.39 is 0 Å². The van der Waals surface area contributed by atoms with Crippen molar-refractivity contribution in [3.05, 3.63) is 30.1 Å². The topological polar surface area (TPSA) is 74.3 Å². The standard InChI is InChI=1S/C13H20N4O2/c1-17(2)8-7-15-12(18)9-13(19)16-10-11-5-3-4-6-14-11/h3-6H,7-10H2,1-2H3,(H,15,18)(H,16,19). The fraction of sp³-hybridized carbons (Fsp3) is 0.462. The Hall–Kier alpha value is -1.95.